The fraction of sp³-hybridized carbons (Fsp3) is 0.500. The Balaban J connectivity index is 2.14. The summed E-state index contributed by atoms with van der Waals surface area (Å²) in [6.45, 7) is 0. The number of nitro benzene ring substituents is 1. The number of hydrogen-bond donors (Lipinski definition) is 1. The molecule has 1 saturated carbocycles. The number of hydrogen-bond acceptors (Lipinski definition) is 3. The second-order valence-corrected chi connectivity index (χ2v) is 5.18. The van der Waals surface area contributed by atoms with E-state index in [9.17, 15) is 20.0 Å². The molecule has 0 amide bonds. The zero-order valence-electron chi connectivity index (χ0n) is 10.7. The van der Waals surface area contributed by atoms with E-state index in [-0.39, 0.29) is 5.69 Å². The maximum atomic E-state index is 11.4. The molecule has 0 aliphatic heterocycles. The van der Waals surface area contributed by atoms with Crippen molar-refractivity contribution in [1.82, 2.24) is 0 Å². The lowest BCUT2D eigenvalue weighted by molar-refractivity contribution is -0.385. The van der Waals surface area contributed by atoms with Crippen LogP contribution >= 0.6 is 0 Å². The molecule has 0 heterocycles. The first-order valence-electron chi connectivity index (χ1n) is 6.51. The summed E-state index contributed by atoms with van der Waals surface area (Å²) in [6, 6.07) is 6.56. The number of nitro groups is 1. The van der Waals surface area contributed by atoms with Gasteiger partial charge in [0.1, 0.15) is 0 Å². The first-order chi connectivity index (χ1) is 9.05. The highest BCUT2D eigenvalue weighted by Gasteiger charge is 2.40. The van der Waals surface area contributed by atoms with Crippen LogP contribution in [0.25, 0.3) is 0 Å². The van der Waals surface area contributed by atoms with E-state index in [2.05, 4.69) is 0 Å². The Labute approximate surface area is 111 Å². The van der Waals surface area contributed by atoms with E-state index in [1.165, 1.54) is 6.07 Å². The van der Waals surface area contributed by atoms with Gasteiger partial charge in [-0.2, -0.15) is 0 Å². The molecule has 1 aliphatic rings. The summed E-state index contributed by atoms with van der Waals surface area (Å²) < 4.78 is 0. The minimum atomic E-state index is -0.761. The first kappa shape index (κ1) is 13.5. The lowest BCUT2D eigenvalue weighted by Crippen LogP contribution is -2.28. The molecule has 102 valence electrons. The molecule has 1 fully saturated rings. The molecule has 1 N–H and O–H groups in total. The summed E-state index contributed by atoms with van der Waals surface area (Å²) in [5, 5.41) is 20.3. The standard InChI is InChI=1S/C14H17NO4/c16-13(17)14(8-3-4-9-14)10-7-11-5-1-2-6-12(11)15(18)19/h1-2,5-6H,3-4,7-10H2,(H,16,17). The van der Waals surface area contributed by atoms with Crippen molar-refractivity contribution < 1.29 is 14.8 Å². The molecule has 0 saturated heterocycles. The molecule has 19 heavy (non-hydrogen) atoms. The van der Waals surface area contributed by atoms with Crippen molar-refractivity contribution in [2.45, 2.75) is 38.5 Å². The average Bonchev–Trinajstić information content (AvgIpc) is 2.86. The predicted molar refractivity (Wildman–Crippen MR) is 70.0 cm³/mol. The molecule has 0 bridgehead atoms. The lowest BCUT2D eigenvalue weighted by Gasteiger charge is -2.23. The van der Waals surface area contributed by atoms with Crippen molar-refractivity contribution in [3.63, 3.8) is 0 Å². The Kier molecular flexibility index (Phi) is 3.83. The van der Waals surface area contributed by atoms with E-state index in [0.717, 1.165) is 12.8 Å². The van der Waals surface area contributed by atoms with Crippen LogP contribution in [0.15, 0.2) is 24.3 Å². The fourth-order valence-corrected chi connectivity index (χ4v) is 2.90. The van der Waals surface area contributed by atoms with Crippen molar-refractivity contribution >= 4 is 11.7 Å². The van der Waals surface area contributed by atoms with Crippen LogP contribution in [0.5, 0.6) is 0 Å². The number of carboxylic acids is 1. The van der Waals surface area contributed by atoms with E-state index in [4.69, 9.17) is 0 Å². The molecule has 5 nitrogen and oxygen atoms in total. The highest BCUT2D eigenvalue weighted by Crippen LogP contribution is 2.42. The van der Waals surface area contributed by atoms with E-state index in [1.807, 2.05) is 0 Å². The minimum absolute atomic E-state index is 0.0843. The Morgan fingerprint density at radius 1 is 1.32 bits per heavy atom. The molecule has 0 radical (unpaired) electrons. The molecular weight excluding hydrogens is 246 g/mol. The van der Waals surface area contributed by atoms with Gasteiger partial charge in [0.25, 0.3) is 5.69 Å². The fourth-order valence-electron chi connectivity index (χ4n) is 2.90. The summed E-state index contributed by atoms with van der Waals surface area (Å²) in [4.78, 5) is 21.9. The smallest absolute Gasteiger partial charge is 0.309 e. The van der Waals surface area contributed by atoms with Crippen LogP contribution in [0.1, 0.15) is 37.7 Å². The summed E-state index contributed by atoms with van der Waals surface area (Å²) in [5.41, 5.74) is 0.0324. The largest absolute Gasteiger partial charge is 0.481 e. The Bertz CT molecular complexity index is 492. The summed E-state index contributed by atoms with van der Waals surface area (Å²) in [7, 11) is 0. The monoisotopic (exact) mass is 263 g/mol. The Morgan fingerprint density at radius 2 is 1.95 bits per heavy atom. The normalized spacial score (nSPS) is 17.3. The predicted octanol–water partition coefficient (Wildman–Crippen LogP) is 3.17. The maximum Gasteiger partial charge on any atom is 0.309 e. The Morgan fingerprint density at radius 3 is 2.53 bits per heavy atom. The number of carboxylic acid groups (broad SMARTS) is 1. The maximum absolute atomic E-state index is 11.4. The summed E-state index contributed by atoms with van der Waals surface area (Å²) in [5.74, 6) is -0.761. The number of aryl methyl sites for hydroxylation is 1. The van der Waals surface area contributed by atoms with Gasteiger partial charge in [-0.05, 0) is 25.7 Å². The van der Waals surface area contributed by atoms with Gasteiger partial charge in [0.2, 0.25) is 0 Å². The second kappa shape index (κ2) is 5.38. The van der Waals surface area contributed by atoms with Gasteiger partial charge in [0.05, 0.1) is 10.3 Å². The molecule has 1 aliphatic carbocycles. The van der Waals surface area contributed by atoms with Crippen LogP contribution < -0.4 is 0 Å². The van der Waals surface area contributed by atoms with E-state index in [0.29, 0.717) is 31.2 Å². The number of rotatable bonds is 5. The van der Waals surface area contributed by atoms with Crippen LogP contribution in [0.3, 0.4) is 0 Å². The third-order valence-corrected chi connectivity index (χ3v) is 4.08. The van der Waals surface area contributed by atoms with Gasteiger partial charge in [-0.25, -0.2) is 0 Å². The Hall–Kier alpha value is -1.91. The van der Waals surface area contributed by atoms with Crippen LogP contribution in [-0.4, -0.2) is 16.0 Å². The second-order valence-electron chi connectivity index (χ2n) is 5.18. The number of nitrogens with zero attached hydrogens (tertiary/aromatic N) is 1. The highest BCUT2D eigenvalue weighted by molar-refractivity contribution is 5.75. The molecular formula is C14H17NO4. The number of para-hydroxylation sites is 1. The topological polar surface area (TPSA) is 80.4 Å². The van der Waals surface area contributed by atoms with Crippen LogP contribution in [0.2, 0.25) is 0 Å². The molecule has 0 atom stereocenters. The molecule has 2 rings (SSSR count). The van der Waals surface area contributed by atoms with Crippen molar-refractivity contribution in [3.05, 3.63) is 39.9 Å². The van der Waals surface area contributed by atoms with Crippen LogP contribution in [0.4, 0.5) is 5.69 Å². The van der Waals surface area contributed by atoms with Crippen molar-refractivity contribution in [3.8, 4) is 0 Å². The number of carbonyl (C=O) groups is 1. The van der Waals surface area contributed by atoms with Crippen LogP contribution in [-0.2, 0) is 11.2 Å². The zero-order chi connectivity index (χ0) is 13.9. The van der Waals surface area contributed by atoms with E-state index in [1.54, 1.807) is 18.2 Å². The minimum Gasteiger partial charge on any atom is -0.481 e. The molecule has 0 unspecified atom stereocenters. The third-order valence-electron chi connectivity index (χ3n) is 4.08. The van der Waals surface area contributed by atoms with Crippen molar-refractivity contribution in [2.24, 2.45) is 5.41 Å². The lowest BCUT2D eigenvalue weighted by atomic mass is 9.80. The van der Waals surface area contributed by atoms with E-state index < -0.39 is 16.3 Å². The van der Waals surface area contributed by atoms with Gasteiger partial charge < -0.3 is 5.11 Å². The highest BCUT2D eigenvalue weighted by atomic mass is 16.6. The number of aliphatic carboxylic acids is 1. The first-order valence-corrected chi connectivity index (χ1v) is 6.51. The molecule has 5 heteroatoms. The quantitative estimate of drug-likeness (QED) is 0.653. The SMILES string of the molecule is O=C(O)C1(CCc2ccccc2[N+](=O)[O-])CCCC1. The van der Waals surface area contributed by atoms with Crippen molar-refractivity contribution in [2.75, 3.05) is 0 Å². The molecule has 1 aromatic carbocycles. The van der Waals surface area contributed by atoms with Gasteiger partial charge in [0.15, 0.2) is 0 Å². The van der Waals surface area contributed by atoms with Gasteiger partial charge in [-0.3, -0.25) is 14.9 Å². The van der Waals surface area contributed by atoms with Gasteiger partial charge in [-0.15, -0.1) is 0 Å². The van der Waals surface area contributed by atoms with Gasteiger partial charge >= 0.3 is 5.97 Å². The summed E-state index contributed by atoms with van der Waals surface area (Å²) in [6.07, 6.45) is 4.16. The summed E-state index contributed by atoms with van der Waals surface area (Å²) >= 11 is 0. The molecule has 0 spiro atoms. The van der Waals surface area contributed by atoms with Crippen molar-refractivity contribution in [1.29, 1.82) is 0 Å². The van der Waals surface area contributed by atoms with Gasteiger partial charge in [0, 0.05) is 11.6 Å². The van der Waals surface area contributed by atoms with E-state index >= 15 is 0 Å². The molecule has 1 aromatic rings. The molecule has 0 aromatic heterocycles. The van der Waals surface area contributed by atoms with Gasteiger partial charge in [-0.1, -0.05) is 31.0 Å². The average molecular weight is 263 g/mol. The zero-order valence-corrected chi connectivity index (χ0v) is 10.7. The number of benzene rings is 1. The third kappa shape index (κ3) is 2.75. The van der Waals surface area contributed by atoms with Crippen LogP contribution in [0, 0.1) is 15.5 Å².